The minimum absolute atomic E-state index is 0.216. The summed E-state index contributed by atoms with van der Waals surface area (Å²) in [6, 6.07) is 16.9. The molecule has 3 rings (SSSR count). The average Bonchev–Trinajstić information content (AvgIpc) is 3.13. The van der Waals surface area contributed by atoms with E-state index in [1.54, 1.807) is 7.11 Å². The van der Waals surface area contributed by atoms with Gasteiger partial charge in [-0.2, -0.15) is 0 Å². The van der Waals surface area contributed by atoms with Gasteiger partial charge in [0.25, 0.3) is 0 Å². The molecule has 8 heteroatoms. The van der Waals surface area contributed by atoms with Gasteiger partial charge >= 0.3 is 0 Å². The minimum Gasteiger partial charge on any atom is -0.491 e. The fraction of sp³-hybridized carbons (Fsp3) is 0.300. The van der Waals surface area contributed by atoms with Crippen LogP contribution in [0.25, 0.3) is 11.4 Å². The minimum atomic E-state index is -0.628. The maximum Gasteiger partial charge on any atom is 0.191 e. The van der Waals surface area contributed by atoms with Gasteiger partial charge in [0.15, 0.2) is 11.0 Å². The van der Waals surface area contributed by atoms with Crippen molar-refractivity contribution in [2.75, 3.05) is 26.1 Å². The second kappa shape index (κ2) is 10.5. The third-order valence-corrected chi connectivity index (χ3v) is 5.29. The van der Waals surface area contributed by atoms with Crippen LogP contribution in [0.4, 0.5) is 0 Å². The highest BCUT2D eigenvalue weighted by Crippen LogP contribution is 2.25. The summed E-state index contributed by atoms with van der Waals surface area (Å²) in [5, 5.41) is 20.3. The predicted octanol–water partition coefficient (Wildman–Crippen LogP) is 3.78. The molecule has 0 saturated carbocycles. The van der Waals surface area contributed by atoms with Crippen molar-refractivity contribution in [2.45, 2.75) is 17.8 Å². The molecule has 28 heavy (non-hydrogen) atoms. The van der Waals surface area contributed by atoms with E-state index in [-0.39, 0.29) is 6.61 Å². The van der Waals surface area contributed by atoms with Crippen LogP contribution in [0.15, 0.2) is 59.8 Å². The Kier molecular flexibility index (Phi) is 7.73. The highest BCUT2D eigenvalue weighted by Gasteiger charge is 2.16. The number of nitrogens with zero attached hydrogens (tertiary/aromatic N) is 3. The normalized spacial score (nSPS) is 12.1. The van der Waals surface area contributed by atoms with Gasteiger partial charge in [0.05, 0.1) is 19.3 Å². The molecule has 3 aromatic rings. The molecule has 6 nitrogen and oxygen atoms in total. The van der Waals surface area contributed by atoms with Crippen molar-refractivity contribution < 1.29 is 14.6 Å². The number of halogens is 1. The van der Waals surface area contributed by atoms with E-state index in [1.807, 2.05) is 59.2 Å². The summed E-state index contributed by atoms with van der Waals surface area (Å²) >= 11 is 7.42. The fourth-order valence-corrected chi connectivity index (χ4v) is 3.52. The summed E-state index contributed by atoms with van der Waals surface area (Å²) < 4.78 is 12.8. The molecule has 0 unspecified atom stereocenters. The SMILES string of the molecule is COCCn1c(SC[C@H](O)COc2ccccc2)nnc1-c1ccc(Cl)cc1. The van der Waals surface area contributed by atoms with Gasteiger partial charge in [-0.1, -0.05) is 41.6 Å². The molecule has 1 N–H and O–H groups in total. The maximum absolute atomic E-state index is 10.3. The molecule has 0 aliphatic heterocycles. The van der Waals surface area contributed by atoms with Crippen molar-refractivity contribution >= 4 is 23.4 Å². The molecule has 0 spiro atoms. The Morgan fingerprint density at radius 3 is 2.57 bits per heavy atom. The molecule has 0 amide bonds. The number of ether oxygens (including phenoxy) is 2. The molecular formula is C20H22ClN3O3S. The van der Waals surface area contributed by atoms with Crippen molar-refractivity contribution in [1.29, 1.82) is 0 Å². The van der Waals surface area contributed by atoms with E-state index in [9.17, 15) is 5.11 Å². The van der Waals surface area contributed by atoms with E-state index in [1.165, 1.54) is 11.8 Å². The first-order valence-corrected chi connectivity index (χ1v) is 10.2. The zero-order chi connectivity index (χ0) is 19.8. The molecule has 0 radical (unpaired) electrons. The van der Waals surface area contributed by atoms with E-state index < -0.39 is 6.10 Å². The van der Waals surface area contributed by atoms with Crippen LogP contribution in [-0.4, -0.2) is 52.1 Å². The Hall–Kier alpha value is -2.06. The zero-order valence-electron chi connectivity index (χ0n) is 15.5. The van der Waals surface area contributed by atoms with E-state index in [4.69, 9.17) is 21.1 Å². The summed E-state index contributed by atoms with van der Waals surface area (Å²) in [7, 11) is 1.66. The Labute approximate surface area is 173 Å². The number of aliphatic hydroxyl groups is 1. The number of para-hydroxylation sites is 1. The van der Waals surface area contributed by atoms with Crippen molar-refractivity contribution in [3.05, 3.63) is 59.6 Å². The van der Waals surface area contributed by atoms with Crippen LogP contribution in [0.2, 0.25) is 5.02 Å². The molecule has 0 saturated heterocycles. The number of aromatic nitrogens is 3. The standard InChI is InChI=1S/C20H22ClN3O3S/c1-26-12-11-24-19(15-7-9-16(21)10-8-15)22-23-20(24)28-14-17(25)13-27-18-5-3-2-4-6-18/h2-10,17,25H,11-14H2,1H3/t17-/m1/s1. The molecule has 0 bridgehead atoms. The second-order valence-corrected chi connectivity index (χ2v) is 7.47. The Balaban J connectivity index is 1.64. The first kappa shape index (κ1) is 20.7. The van der Waals surface area contributed by atoms with Crippen molar-refractivity contribution in [3.63, 3.8) is 0 Å². The quantitative estimate of drug-likeness (QED) is 0.504. The number of thioether (sulfide) groups is 1. The smallest absolute Gasteiger partial charge is 0.191 e. The highest BCUT2D eigenvalue weighted by molar-refractivity contribution is 7.99. The number of aliphatic hydroxyl groups excluding tert-OH is 1. The molecule has 2 aromatic carbocycles. The van der Waals surface area contributed by atoms with Gasteiger partial charge in [0, 0.05) is 23.4 Å². The van der Waals surface area contributed by atoms with Gasteiger partial charge in [0.2, 0.25) is 0 Å². The number of hydrogen-bond acceptors (Lipinski definition) is 6. The monoisotopic (exact) mass is 419 g/mol. The Morgan fingerprint density at radius 2 is 1.86 bits per heavy atom. The van der Waals surface area contributed by atoms with Crippen LogP contribution in [0.3, 0.4) is 0 Å². The third-order valence-electron chi connectivity index (χ3n) is 3.93. The van der Waals surface area contributed by atoms with E-state index in [0.29, 0.717) is 23.9 Å². The highest BCUT2D eigenvalue weighted by atomic mass is 35.5. The second-order valence-electron chi connectivity index (χ2n) is 6.05. The van der Waals surface area contributed by atoms with Crippen LogP contribution in [0.5, 0.6) is 5.75 Å². The lowest BCUT2D eigenvalue weighted by molar-refractivity contribution is 0.126. The molecule has 1 heterocycles. The van der Waals surface area contributed by atoms with Gasteiger partial charge in [-0.3, -0.25) is 4.57 Å². The van der Waals surface area contributed by atoms with Crippen LogP contribution in [0.1, 0.15) is 0 Å². The van der Waals surface area contributed by atoms with E-state index >= 15 is 0 Å². The number of benzene rings is 2. The first-order valence-electron chi connectivity index (χ1n) is 8.84. The topological polar surface area (TPSA) is 69.4 Å². The number of methoxy groups -OCH3 is 1. The summed E-state index contributed by atoms with van der Waals surface area (Å²) in [6.45, 7) is 1.36. The molecule has 1 atom stereocenters. The average molecular weight is 420 g/mol. The van der Waals surface area contributed by atoms with Crippen molar-refractivity contribution in [1.82, 2.24) is 14.8 Å². The third kappa shape index (κ3) is 5.72. The molecule has 0 aliphatic rings. The molecular weight excluding hydrogens is 398 g/mol. The summed E-state index contributed by atoms with van der Waals surface area (Å²) in [5.41, 5.74) is 0.924. The lowest BCUT2D eigenvalue weighted by atomic mass is 10.2. The number of rotatable bonds is 10. The zero-order valence-corrected chi connectivity index (χ0v) is 17.1. The van der Waals surface area contributed by atoms with Gasteiger partial charge in [-0.05, 0) is 36.4 Å². The summed E-state index contributed by atoms with van der Waals surface area (Å²) in [4.78, 5) is 0. The lowest BCUT2D eigenvalue weighted by Gasteiger charge is -2.13. The van der Waals surface area contributed by atoms with Crippen molar-refractivity contribution in [2.24, 2.45) is 0 Å². The van der Waals surface area contributed by atoms with Crippen molar-refractivity contribution in [3.8, 4) is 17.1 Å². The van der Waals surface area contributed by atoms with Crippen LogP contribution < -0.4 is 4.74 Å². The summed E-state index contributed by atoms with van der Waals surface area (Å²) in [5.74, 6) is 1.92. The fourth-order valence-electron chi connectivity index (χ4n) is 2.52. The van der Waals surface area contributed by atoms with Crippen LogP contribution in [0, 0.1) is 0 Å². The molecule has 148 valence electrons. The number of hydrogen-bond donors (Lipinski definition) is 1. The maximum atomic E-state index is 10.3. The summed E-state index contributed by atoms with van der Waals surface area (Å²) in [6.07, 6.45) is -0.628. The Bertz CT molecular complexity index is 859. The van der Waals surface area contributed by atoms with E-state index in [0.717, 1.165) is 22.3 Å². The van der Waals surface area contributed by atoms with Gasteiger partial charge in [0.1, 0.15) is 12.4 Å². The van der Waals surface area contributed by atoms with Crippen LogP contribution >= 0.6 is 23.4 Å². The first-order chi connectivity index (χ1) is 13.7. The van der Waals surface area contributed by atoms with Gasteiger partial charge in [-0.25, -0.2) is 0 Å². The largest absolute Gasteiger partial charge is 0.491 e. The van der Waals surface area contributed by atoms with Crippen LogP contribution in [-0.2, 0) is 11.3 Å². The molecule has 0 aliphatic carbocycles. The van der Waals surface area contributed by atoms with Gasteiger partial charge < -0.3 is 14.6 Å². The van der Waals surface area contributed by atoms with E-state index in [2.05, 4.69) is 10.2 Å². The Morgan fingerprint density at radius 1 is 1.11 bits per heavy atom. The lowest BCUT2D eigenvalue weighted by Crippen LogP contribution is -2.20. The molecule has 1 aromatic heterocycles. The van der Waals surface area contributed by atoms with Gasteiger partial charge in [-0.15, -0.1) is 10.2 Å². The molecule has 0 fully saturated rings. The predicted molar refractivity (Wildman–Crippen MR) is 111 cm³/mol.